The number of sulfone groups is 1. The van der Waals surface area contributed by atoms with Gasteiger partial charge in [0.05, 0.1) is 11.1 Å². The Morgan fingerprint density at radius 3 is 2.42 bits per heavy atom. The van der Waals surface area contributed by atoms with Gasteiger partial charge in [0.1, 0.15) is 11.6 Å². The van der Waals surface area contributed by atoms with Crippen molar-refractivity contribution in [1.29, 1.82) is 0 Å². The van der Waals surface area contributed by atoms with Crippen molar-refractivity contribution in [2.75, 3.05) is 12.0 Å². The molecule has 3 N–H and O–H groups in total. The van der Waals surface area contributed by atoms with Crippen molar-refractivity contribution in [3.05, 3.63) is 23.9 Å². The summed E-state index contributed by atoms with van der Waals surface area (Å²) in [6.07, 6.45) is 2.60. The molecule has 0 fully saturated rings. The van der Waals surface area contributed by atoms with Crippen molar-refractivity contribution in [2.45, 2.75) is 11.8 Å². The van der Waals surface area contributed by atoms with Crippen LogP contribution in [-0.2, 0) is 16.9 Å². The van der Waals surface area contributed by atoms with Gasteiger partial charge in [-0.15, -0.1) is 0 Å². The highest BCUT2D eigenvalue weighted by molar-refractivity contribution is 7.90. The number of anilines is 1. The van der Waals surface area contributed by atoms with Gasteiger partial charge in [-0.25, -0.2) is 8.42 Å². The Morgan fingerprint density at radius 1 is 1.32 bits per heavy atom. The standard InChI is InChI=1S/C12H15N3O3S/c1-7-4-11(19(3,17)18)8(5-10(7)16)9-6-14-15(2)12(9)13/h4-6,16H,13H2,1-3H3. The highest BCUT2D eigenvalue weighted by atomic mass is 32.2. The molecule has 0 aliphatic heterocycles. The van der Waals surface area contributed by atoms with E-state index in [0.717, 1.165) is 6.26 Å². The highest BCUT2D eigenvalue weighted by Crippen LogP contribution is 2.35. The molecule has 0 bridgehead atoms. The van der Waals surface area contributed by atoms with Crippen LogP contribution in [0.4, 0.5) is 5.82 Å². The minimum Gasteiger partial charge on any atom is -0.508 e. The molecule has 0 radical (unpaired) electrons. The van der Waals surface area contributed by atoms with Crippen molar-refractivity contribution < 1.29 is 13.5 Å². The summed E-state index contributed by atoms with van der Waals surface area (Å²) in [5.41, 5.74) is 7.19. The van der Waals surface area contributed by atoms with Crippen LogP contribution in [0.25, 0.3) is 11.1 Å². The van der Waals surface area contributed by atoms with Crippen LogP contribution >= 0.6 is 0 Å². The molecule has 19 heavy (non-hydrogen) atoms. The lowest BCUT2D eigenvalue weighted by atomic mass is 10.1. The third-order valence-corrected chi connectivity index (χ3v) is 4.11. The van der Waals surface area contributed by atoms with Crippen LogP contribution in [0.2, 0.25) is 0 Å². The summed E-state index contributed by atoms with van der Waals surface area (Å²) >= 11 is 0. The van der Waals surface area contributed by atoms with Gasteiger partial charge >= 0.3 is 0 Å². The van der Waals surface area contributed by atoms with E-state index in [0.29, 0.717) is 22.5 Å². The molecule has 0 spiro atoms. The first-order chi connectivity index (χ1) is 8.71. The summed E-state index contributed by atoms with van der Waals surface area (Å²) in [6.45, 7) is 1.64. The Labute approximate surface area is 111 Å². The number of rotatable bonds is 2. The van der Waals surface area contributed by atoms with E-state index in [1.165, 1.54) is 23.0 Å². The third kappa shape index (κ3) is 2.28. The lowest BCUT2D eigenvalue weighted by molar-refractivity contribution is 0.471. The summed E-state index contributed by atoms with van der Waals surface area (Å²) in [5, 5.41) is 13.8. The van der Waals surface area contributed by atoms with Crippen LogP contribution < -0.4 is 5.73 Å². The van der Waals surface area contributed by atoms with Gasteiger partial charge in [0, 0.05) is 24.4 Å². The van der Waals surface area contributed by atoms with Crippen molar-refractivity contribution in [2.24, 2.45) is 7.05 Å². The van der Waals surface area contributed by atoms with Gasteiger partial charge in [0.15, 0.2) is 9.84 Å². The van der Waals surface area contributed by atoms with Crippen molar-refractivity contribution in [1.82, 2.24) is 9.78 Å². The lowest BCUT2D eigenvalue weighted by Crippen LogP contribution is -2.03. The minimum absolute atomic E-state index is 0.0191. The first-order valence-corrected chi connectivity index (χ1v) is 7.42. The number of phenols is 1. The van der Waals surface area contributed by atoms with Crippen molar-refractivity contribution >= 4 is 15.7 Å². The summed E-state index contributed by atoms with van der Waals surface area (Å²) in [6, 6.07) is 2.84. The van der Waals surface area contributed by atoms with Crippen LogP contribution in [0.3, 0.4) is 0 Å². The number of aromatic nitrogens is 2. The largest absolute Gasteiger partial charge is 0.508 e. The number of nitrogens with two attached hydrogens (primary N) is 1. The molecular formula is C12H15N3O3S. The summed E-state index contributed by atoms with van der Waals surface area (Å²) in [5.74, 6) is 0.360. The molecule has 2 rings (SSSR count). The molecular weight excluding hydrogens is 266 g/mol. The highest BCUT2D eigenvalue weighted by Gasteiger charge is 2.20. The average molecular weight is 281 g/mol. The van der Waals surface area contributed by atoms with Gasteiger partial charge in [0.2, 0.25) is 0 Å². The van der Waals surface area contributed by atoms with Gasteiger partial charge in [0.25, 0.3) is 0 Å². The molecule has 0 aliphatic rings. The Kier molecular flexibility index (Phi) is 3.01. The van der Waals surface area contributed by atoms with Gasteiger partial charge in [-0.3, -0.25) is 4.68 Å². The maximum Gasteiger partial charge on any atom is 0.176 e. The molecule has 0 aliphatic carbocycles. The summed E-state index contributed by atoms with van der Waals surface area (Å²) in [4.78, 5) is 0.127. The Bertz CT molecular complexity index is 748. The molecule has 2 aromatic rings. The Balaban J connectivity index is 2.83. The second kappa shape index (κ2) is 4.27. The van der Waals surface area contributed by atoms with Crippen LogP contribution in [0.5, 0.6) is 5.75 Å². The summed E-state index contributed by atoms with van der Waals surface area (Å²) in [7, 11) is -1.77. The van der Waals surface area contributed by atoms with Crippen molar-refractivity contribution in [3.63, 3.8) is 0 Å². The Morgan fingerprint density at radius 2 is 1.95 bits per heavy atom. The molecule has 7 heteroatoms. The van der Waals surface area contributed by atoms with Gasteiger partial charge in [-0.1, -0.05) is 0 Å². The molecule has 1 aromatic heterocycles. The number of aryl methyl sites for hydroxylation is 2. The van der Waals surface area contributed by atoms with E-state index in [1.807, 2.05) is 0 Å². The fraction of sp³-hybridized carbons (Fsp3) is 0.250. The van der Waals surface area contributed by atoms with E-state index in [1.54, 1.807) is 14.0 Å². The lowest BCUT2D eigenvalue weighted by Gasteiger charge is -2.10. The zero-order valence-corrected chi connectivity index (χ0v) is 11.7. The predicted octanol–water partition coefficient (Wildman–Crippen LogP) is 1.09. The van der Waals surface area contributed by atoms with E-state index in [4.69, 9.17) is 5.73 Å². The molecule has 1 heterocycles. The number of phenolic OH excluding ortho intramolecular Hbond substituents is 1. The molecule has 1 aromatic carbocycles. The molecule has 0 atom stereocenters. The van der Waals surface area contributed by atoms with E-state index >= 15 is 0 Å². The second-order valence-corrected chi connectivity index (χ2v) is 6.46. The number of benzene rings is 1. The van der Waals surface area contributed by atoms with E-state index < -0.39 is 9.84 Å². The summed E-state index contributed by atoms with van der Waals surface area (Å²) < 4.78 is 25.2. The smallest absolute Gasteiger partial charge is 0.176 e. The number of hydrogen-bond donors (Lipinski definition) is 2. The topological polar surface area (TPSA) is 98.2 Å². The van der Waals surface area contributed by atoms with Crippen LogP contribution in [0, 0.1) is 6.92 Å². The fourth-order valence-electron chi connectivity index (χ4n) is 1.84. The molecule has 0 saturated carbocycles. The maximum absolute atomic E-state index is 11.9. The SMILES string of the molecule is Cc1cc(S(C)(=O)=O)c(-c2cnn(C)c2N)cc1O. The number of aromatic hydroxyl groups is 1. The third-order valence-electron chi connectivity index (χ3n) is 2.97. The zero-order valence-electron chi connectivity index (χ0n) is 10.9. The van der Waals surface area contributed by atoms with E-state index in [-0.39, 0.29) is 10.6 Å². The van der Waals surface area contributed by atoms with Crippen LogP contribution in [0.1, 0.15) is 5.56 Å². The zero-order chi connectivity index (χ0) is 14.4. The van der Waals surface area contributed by atoms with Gasteiger partial charge in [-0.05, 0) is 24.6 Å². The van der Waals surface area contributed by atoms with Gasteiger partial charge in [-0.2, -0.15) is 5.10 Å². The van der Waals surface area contributed by atoms with E-state index in [9.17, 15) is 13.5 Å². The predicted molar refractivity (Wildman–Crippen MR) is 72.6 cm³/mol. The quantitative estimate of drug-likeness (QED) is 0.858. The van der Waals surface area contributed by atoms with Crippen LogP contribution in [-0.4, -0.2) is 29.6 Å². The molecule has 6 nitrogen and oxygen atoms in total. The Hall–Kier alpha value is -2.02. The average Bonchev–Trinajstić information content (AvgIpc) is 2.62. The van der Waals surface area contributed by atoms with Crippen molar-refractivity contribution in [3.8, 4) is 16.9 Å². The second-order valence-electron chi connectivity index (χ2n) is 4.47. The van der Waals surface area contributed by atoms with Gasteiger partial charge < -0.3 is 10.8 Å². The molecule has 102 valence electrons. The number of hydrogen-bond acceptors (Lipinski definition) is 5. The van der Waals surface area contributed by atoms with E-state index in [2.05, 4.69) is 5.10 Å². The minimum atomic E-state index is -3.43. The molecule has 0 amide bonds. The number of nitrogen functional groups attached to an aromatic ring is 1. The first-order valence-electron chi connectivity index (χ1n) is 5.53. The molecule has 0 saturated heterocycles. The normalized spacial score (nSPS) is 11.7. The van der Waals surface area contributed by atoms with Crippen LogP contribution in [0.15, 0.2) is 23.2 Å². The first kappa shape index (κ1) is 13.4. The maximum atomic E-state index is 11.9. The molecule has 0 unspecified atom stereocenters. The monoisotopic (exact) mass is 281 g/mol. The fourth-order valence-corrected chi connectivity index (χ4v) is 2.80. The number of nitrogens with zero attached hydrogens (tertiary/aromatic N) is 2.